The molecule has 6 atom stereocenters. The van der Waals surface area contributed by atoms with Crippen LogP contribution in [0.4, 0.5) is 0 Å². The Kier molecular flexibility index (Phi) is 9.77. The van der Waals surface area contributed by atoms with E-state index in [-0.39, 0.29) is 16.8 Å². The van der Waals surface area contributed by atoms with Crippen LogP contribution in [0.3, 0.4) is 0 Å². The standard InChI is InChI=1S/C49H60O3/c1-35(45-13-9-8-12-43(45)30-46(2)24-25-46)26-44(40-20-16-37(17-21-40)29-48(4)33-51-48)27-41(39-18-14-36(15-19-39)28-47(3)32-50-47)23-22-38-10-6-7-11-42(38)31-49(5)34-52-49/h6-21,35,41,44H,22-34H2,1-5H3. The lowest BCUT2D eigenvalue weighted by Crippen LogP contribution is -2.14. The van der Waals surface area contributed by atoms with Gasteiger partial charge < -0.3 is 14.2 Å². The SMILES string of the molecule is CC(CC(CC(CCc1ccccc1CC1(C)CO1)c1ccc(CC2(C)CO2)cc1)c1ccc(CC2(C)CO2)cc1)c1ccccc1CC1(C)CC1. The average molecular weight is 697 g/mol. The summed E-state index contributed by atoms with van der Waals surface area (Å²) in [4.78, 5) is 0. The van der Waals surface area contributed by atoms with Crippen molar-refractivity contribution in [3.63, 3.8) is 0 Å². The highest BCUT2D eigenvalue weighted by atomic mass is 16.6. The van der Waals surface area contributed by atoms with E-state index in [1.54, 1.807) is 11.1 Å². The first kappa shape index (κ1) is 35.8. The highest BCUT2D eigenvalue weighted by Crippen LogP contribution is 2.49. The second-order valence-electron chi connectivity index (χ2n) is 18.5. The van der Waals surface area contributed by atoms with E-state index in [9.17, 15) is 0 Å². The van der Waals surface area contributed by atoms with Gasteiger partial charge in [-0.05, 0) is 133 Å². The van der Waals surface area contributed by atoms with Gasteiger partial charge in [0.1, 0.15) is 0 Å². The summed E-state index contributed by atoms with van der Waals surface area (Å²) in [7, 11) is 0. The van der Waals surface area contributed by atoms with Crippen molar-refractivity contribution < 1.29 is 14.2 Å². The van der Waals surface area contributed by atoms with Crippen LogP contribution in [-0.2, 0) is 46.3 Å². The molecule has 3 saturated heterocycles. The lowest BCUT2D eigenvalue weighted by atomic mass is 9.76. The third-order valence-corrected chi connectivity index (χ3v) is 12.9. The van der Waals surface area contributed by atoms with Crippen molar-refractivity contribution in [1.29, 1.82) is 0 Å². The summed E-state index contributed by atoms with van der Waals surface area (Å²) in [6, 6.07) is 37.7. The van der Waals surface area contributed by atoms with Gasteiger partial charge in [-0.15, -0.1) is 0 Å². The molecule has 0 spiro atoms. The molecule has 0 aromatic heterocycles. The Labute approximate surface area is 313 Å². The fourth-order valence-electron chi connectivity index (χ4n) is 8.77. The molecule has 4 fully saturated rings. The van der Waals surface area contributed by atoms with E-state index in [0.717, 1.165) is 64.8 Å². The number of ether oxygens (including phenoxy) is 3. The molecule has 3 aliphatic heterocycles. The Morgan fingerprint density at radius 1 is 0.519 bits per heavy atom. The molecule has 3 heteroatoms. The topological polar surface area (TPSA) is 37.6 Å². The van der Waals surface area contributed by atoms with Crippen LogP contribution in [-0.4, -0.2) is 36.6 Å². The van der Waals surface area contributed by atoms with Crippen LogP contribution >= 0.6 is 0 Å². The van der Waals surface area contributed by atoms with E-state index in [1.165, 1.54) is 52.6 Å². The van der Waals surface area contributed by atoms with E-state index in [0.29, 0.717) is 23.2 Å². The van der Waals surface area contributed by atoms with Crippen LogP contribution < -0.4 is 0 Å². The van der Waals surface area contributed by atoms with Crippen LogP contribution in [0.2, 0.25) is 0 Å². The molecule has 274 valence electrons. The van der Waals surface area contributed by atoms with Crippen LogP contribution in [0, 0.1) is 5.41 Å². The molecule has 52 heavy (non-hydrogen) atoms. The molecule has 3 nitrogen and oxygen atoms in total. The highest BCUT2D eigenvalue weighted by molar-refractivity contribution is 5.35. The summed E-state index contributed by atoms with van der Waals surface area (Å²) < 4.78 is 17.3. The van der Waals surface area contributed by atoms with Gasteiger partial charge in [0.25, 0.3) is 0 Å². The smallest absolute Gasteiger partial charge is 0.0928 e. The Morgan fingerprint density at radius 2 is 1.00 bits per heavy atom. The zero-order chi connectivity index (χ0) is 36.0. The van der Waals surface area contributed by atoms with Gasteiger partial charge in [-0.25, -0.2) is 0 Å². The Bertz CT molecular complexity index is 1820. The molecule has 4 aromatic carbocycles. The maximum atomic E-state index is 5.84. The zero-order valence-electron chi connectivity index (χ0n) is 32.4. The first-order valence-electron chi connectivity index (χ1n) is 20.2. The maximum Gasteiger partial charge on any atom is 0.0928 e. The second kappa shape index (κ2) is 14.2. The molecular weight excluding hydrogens is 637 g/mol. The number of hydrogen-bond acceptors (Lipinski definition) is 3. The summed E-state index contributed by atoms with van der Waals surface area (Å²) in [5.74, 6) is 1.36. The average Bonchev–Trinajstić information content (AvgIpc) is 4.01. The quantitative estimate of drug-likeness (QED) is 0.0972. The van der Waals surface area contributed by atoms with Crippen molar-refractivity contribution in [2.75, 3.05) is 19.8 Å². The minimum atomic E-state index is 0.0108. The number of benzene rings is 4. The summed E-state index contributed by atoms with van der Waals surface area (Å²) in [5.41, 5.74) is 12.3. The Balaban J connectivity index is 1.08. The van der Waals surface area contributed by atoms with Crippen molar-refractivity contribution in [3.05, 3.63) is 142 Å². The highest BCUT2D eigenvalue weighted by Gasteiger charge is 2.41. The maximum absolute atomic E-state index is 5.84. The summed E-state index contributed by atoms with van der Waals surface area (Å²) in [6.07, 6.45) is 11.4. The molecular formula is C49H60O3. The molecule has 0 bridgehead atoms. The normalized spacial score (nSPS) is 27.1. The number of rotatable bonds is 18. The largest absolute Gasteiger partial charge is 0.370 e. The van der Waals surface area contributed by atoms with Gasteiger partial charge in [0, 0.05) is 19.3 Å². The first-order chi connectivity index (χ1) is 25.0. The van der Waals surface area contributed by atoms with Crippen molar-refractivity contribution >= 4 is 0 Å². The molecule has 0 radical (unpaired) electrons. The molecule has 1 saturated carbocycles. The van der Waals surface area contributed by atoms with E-state index >= 15 is 0 Å². The van der Waals surface area contributed by atoms with Gasteiger partial charge in [0.2, 0.25) is 0 Å². The lowest BCUT2D eigenvalue weighted by molar-refractivity contribution is 0.321. The first-order valence-corrected chi connectivity index (χ1v) is 20.2. The van der Waals surface area contributed by atoms with Crippen molar-refractivity contribution in [2.45, 2.75) is 133 Å². The molecule has 8 rings (SSSR count). The predicted octanol–water partition coefficient (Wildman–Crippen LogP) is 11.1. The number of aryl methyl sites for hydroxylation is 1. The monoisotopic (exact) mass is 696 g/mol. The van der Waals surface area contributed by atoms with Crippen molar-refractivity contribution in [3.8, 4) is 0 Å². The fourth-order valence-corrected chi connectivity index (χ4v) is 8.77. The molecule has 6 unspecified atom stereocenters. The summed E-state index contributed by atoms with van der Waals surface area (Å²) in [6.45, 7) is 14.3. The molecule has 0 N–H and O–H groups in total. The van der Waals surface area contributed by atoms with Gasteiger partial charge in [-0.3, -0.25) is 0 Å². The van der Waals surface area contributed by atoms with Crippen molar-refractivity contribution in [2.24, 2.45) is 5.41 Å². The third kappa shape index (κ3) is 9.09. The van der Waals surface area contributed by atoms with Gasteiger partial charge in [0.05, 0.1) is 36.6 Å². The van der Waals surface area contributed by atoms with Gasteiger partial charge in [-0.2, -0.15) is 0 Å². The Hall–Kier alpha value is -3.24. The summed E-state index contributed by atoms with van der Waals surface area (Å²) in [5, 5.41) is 0. The van der Waals surface area contributed by atoms with Gasteiger partial charge in [-0.1, -0.05) is 111 Å². The predicted molar refractivity (Wildman–Crippen MR) is 212 cm³/mol. The number of hydrogen-bond donors (Lipinski definition) is 0. The lowest BCUT2D eigenvalue weighted by Gasteiger charge is -2.29. The van der Waals surface area contributed by atoms with Crippen LogP contribution in [0.5, 0.6) is 0 Å². The Morgan fingerprint density at radius 3 is 1.54 bits per heavy atom. The van der Waals surface area contributed by atoms with Crippen molar-refractivity contribution in [1.82, 2.24) is 0 Å². The zero-order valence-corrected chi connectivity index (χ0v) is 32.4. The van der Waals surface area contributed by atoms with Gasteiger partial charge in [0.15, 0.2) is 0 Å². The minimum absolute atomic E-state index is 0.0108. The van der Waals surface area contributed by atoms with Gasteiger partial charge >= 0.3 is 0 Å². The molecule has 3 heterocycles. The molecule has 1 aliphatic carbocycles. The van der Waals surface area contributed by atoms with E-state index in [2.05, 4.69) is 132 Å². The number of epoxide rings is 3. The minimum Gasteiger partial charge on any atom is -0.370 e. The second-order valence-corrected chi connectivity index (χ2v) is 18.5. The van der Waals surface area contributed by atoms with E-state index in [4.69, 9.17) is 14.2 Å². The molecule has 0 amide bonds. The fraction of sp³-hybridized carbons (Fsp3) is 0.510. The van der Waals surface area contributed by atoms with Crippen LogP contribution in [0.25, 0.3) is 0 Å². The molecule has 4 aliphatic rings. The third-order valence-electron chi connectivity index (χ3n) is 12.9. The van der Waals surface area contributed by atoms with Crippen LogP contribution in [0.15, 0.2) is 97.1 Å². The van der Waals surface area contributed by atoms with E-state index < -0.39 is 0 Å². The molecule has 4 aromatic rings. The summed E-state index contributed by atoms with van der Waals surface area (Å²) >= 11 is 0. The van der Waals surface area contributed by atoms with Crippen LogP contribution in [0.1, 0.15) is 129 Å². The van der Waals surface area contributed by atoms with E-state index in [1.807, 2.05) is 0 Å².